The number of phenolic OH excluding ortho intramolecular Hbond substituents is 1. The van der Waals surface area contributed by atoms with Gasteiger partial charge in [-0.3, -0.25) is 9.89 Å². The van der Waals surface area contributed by atoms with Crippen molar-refractivity contribution >= 4 is 17.5 Å². The molecule has 0 fully saturated rings. The predicted molar refractivity (Wildman–Crippen MR) is 113 cm³/mol. The van der Waals surface area contributed by atoms with Crippen molar-refractivity contribution in [2.75, 3.05) is 20.3 Å². The van der Waals surface area contributed by atoms with Gasteiger partial charge in [0.1, 0.15) is 22.9 Å². The number of ether oxygens (including phenoxy) is 1. The Morgan fingerprint density at radius 1 is 1.30 bits per heavy atom. The smallest absolute Gasteiger partial charge is 0.273 e. The average Bonchev–Trinajstić information content (AvgIpc) is 3.28. The zero-order chi connectivity index (χ0) is 21.4. The molecule has 30 heavy (non-hydrogen) atoms. The molecule has 2 heterocycles. The summed E-state index contributed by atoms with van der Waals surface area (Å²) in [5.41, 5.74) is 3.55. The molecule has 1 amide bonds. The van der Waals surface area contributed by atoms with Gasteiger partial charge in [-0.1, -0.05) is 23.7 Å². The minimum atomic E-state index is -0.442. The van der Waals surface area contributed by atoms with Gasteiger partial charge in [-0.2, -0.15) is 5.10 Å². The van der Waals surface area contributed by atoms with Crippen molar-refractivity contribution in [3.05, 3.63) is 63.8 Å². The molecule has 1 aliphatic heterocycles. The van der Waals surface area contributed by atoms with Crippen LogP contribution in [0.15, 0.2) is 36.4 Å². The van der Waals surface area contributed by atoms with Crippen LogP contribution in [0.5, 0.6) is 11.5 Å². The van der Waals surface area contributed by atoms with Crippen LogP contribution in [0.4, 0.5) is 0 Å². The van der Waals surface area contributed by atoms with E-state index in [9.17, 15) is 15.0 Å². The Balaban J connectivity index is 1.90. The second-order valence-corrected chi connectivity index (χ2v) is 7.64. The predicted octanol–water partition coefficient (Wildman–Crippen LogP) is 3.68. The first-order valence-corrected chi connectivity index (χ1v) is 9.97. The Bertz CT molecular complexity index is 1110. The van der Waals surface area contributed by atoms with E-state index in [2.05, 4.69) is 10.2 Å². The number of aromatic amines is 1. The summed E-state index contributed by atoms with van der Waals surface area (Å²) in [7, 11) is 1.59. The van der Waals surface area contributed by atoms with Gasteiger partial charge in [0, 0.05) is 29.3 Å². The number of methoxy groups -OCH3 is 1. The number of nitrogens with one attached hydrogen (secondary N) is 1. The Labute approximate surface area is 178 Å². The van der Waals surface area contributed by atoms with Gasteiger partial charge < -0.3 is 19.8 Å². The van der Waals surface area contributed by atoms with Crippen LogP contribution >= 0.6 is 11.6 Å². The van der Waals surface area contributed by atoms with E-state index in [4.69, 9.17) is 16.3 Å². The van der Waals surface area contributed by atoms with Crippen LogP contribution in [-0.2, 0) is 0 Å². The Morgan fingerprint density at radius 2 is 2.10 bits per heavy atom. The Kier molecular flexibility index (Phi) is 5.40. The number of benzene rings is 2. The van der Waals surface area contributed by atoms with Gasteiger partial charge in [0.25, 0.3) is 5.91 Å². The zero-order valence-electron chi connectivity index (χ0n) is 16.6. The number of carbonyl (C=O) groups is 1. The van der Waals surface area contributed by atoms with E-state index < -0.39 is 6.04 Å². The maximum atomic E-state index is 13.1. The number of nitrogens with zero attached hydrogens (tertiary/aromatic N) is 2. The van der Waals surface area contributed by atoms with Crippen molar-refractivity contribution in [2.24, 2.45) is 0 Å². The van der Waals surface area contributed by atoms with Crippen molar-refractivity contribution < 1.29 is 19.7 Å². The number of phenols is 1. The molecule has 7 nitrogen and oxygen atoms in total. The molecule has 0 bridgehead atoms. The number of H-pyrrole nitrogens is 1. The lowest BCUT2D eigenvalue weighted by molar-refractivity contribution is 0.0732. The van der Waals surface area contributed by atoms with Crippen LogP contribution in [0.1, 0.15) is 39.6 Å². The molecule has 0 radical (unpaired) electrons. The molecule has 0 saturated heterocycles. The maximum absolute atomic E-state index is 13.1. The normalized spacial score (nSPS) is 15.5. The lowest BCUT2D eigenvalue weighted by atomic mass is 9.95. The van der Waals surface area contributed by atoms with Gasteiger partial charge >= 0.3 is 0 Å². The molecule has 156 valence electrons. The Morgan fingerprint density at radius 3 is 2.83 bits per heavy atom. The lowest BCUT2D eigenvalue weighted by Crippen LogP contribution is -2.31. The quantitative estimate of drug-likeness (QED) is 0.557. The molecule has 3 aromatic rings. The second-order valence-electron chi connectivity index (χ2n) is 7.23. The lowest BCUT2D eigenvalue weighted by Gasteiger charge is -2.26. The largest absolute Gasteiger partial charge is 0.507 e. The number of halogens is 1. The van der Waals surface area contributed by atoms with E-state index in [1.54, 1.807) is 31.1 Å². The molecular formula is C22H22ClN3O4. The molecule has 1 aromatic heterocycles. The van der Waals surface area contributed by atoms with E-state index >= 15 is 0 Å². The van der Waals surface area contributed by atoms with Crippen molar-refractivity contribution in [1.29, 1.82) is 0 Å². The van der Waals surface area contributed by atoms with E-state index in [1.165, 1.54) is 0 Å². The standard InChI is InChI=1S/C22H22ClN3O4/c1-12-9-17(28)15(11-16(12)23)19-18-20(25-24-19)22(29)26(7-4-8-27)21(18)13-5-3-6-14(10-13)30-2/h3,5-6,9-11,21,27-28H,4,7-8H2,1-2H3,(H,24,25). The SMILES string of the molecule is COc1cccc(C2c3c(-c4cc(Cl)c(C)cc4O)n[nH]c3C(=O)N2CCCO)c1. The highest BCUT2D eigenvalue weighted by atomic mass is 35.5. The topological polar surface area (TPSA) is 98.7 Å². The van der Waals surface area contributed by atoms with E-state index in [1.807, 2.05) is 24.3 Å². The monoisotopic (exact) mass is 427 g/mol. The number of hydrogen-bond acceptors (Lipinski definition) is 5. The molecule has 1 unspecified atom stereocenters. The number of hydrogen-bond donors (Lipinski definition) is 3. The molecule has 0 saturated carbocycles. The third kappa shape index (κ3) is 3.30. The first-order chi connectivity index (χ1) is 14.5. The van der Waals surface area contributed by atoms with Gasteiger partial charge in [0.2, 0.25) is 0 Å². The number of fused-ring (bicyclic) bond motifs is 1. The van der Waals surface area contributed by atoms with Crippen LogP contribution in [0, 0.1) is 6.92 Å². The van der Waals surface area contributed by atoms with Crippen LogP contribution in [0.2, 0.25) is 5.02 Å². The number of carbonyl (C=O) groups excluding carboxylic acids is 1. The number of aliphatic hydroxyl groups is 1. The van der Waals surface area contributed by atoms with Crippen LogP contribution in [0.3, 0.4) is 0 Å². The molecule has 0 aliphatic carbocycles. The van der Waals surface area contributed by atoms with Crippen molar-refractivity contribution in [2.45, 2.75) is 19.4 Å². The van der Waals surface area contributed by atoms with Gasteiger partial charge in [-0.15, -0.1) is 0 Å². The minimum absolute atomic E-state index is 0.0258. The summed E-state index contributed by atoms with van der Waals surface area (Å²) in [5, 5.41) is 27.6. The Hall–Kier alpha value is -3.03. The van der Waals surface area contributed by atoms with Gasteiger partial charge in [0.05, 0.1) is 13.2 Å². The molecule has 4 rings (SSSR count). The van der Waals surface area contributed by atoms with Crippen molar-refractivity contribution in [1.82, 2.24) is 15.1 Å². The van der Waals surface area contributed by atoms with Gasteiger partial charge in [-0.05, 0) is 48.7 Å². The molecule has 0 spiro atoms. The van der Waals surface area contributed by atoms with E-state index in [0.717, 1.165) is 11.1 Å². The number of aryl methyl sites for hydroxylation is 1. The summed E-state index contributed by atoms with van der Waals surface area (Å²) < 4.78 is 5.37. The molecular weight excluding hydrogens is 406 g/mol. The number of amides is 1. The summed E-state index contributed by atoms with van der Waals surface area (Å²) in [6.45, 7) is 2.15. The van der Waals surface area contributed by atoms with Gasteiger partial charge in [0.15, 0.2) is 0 Å². The average molecular weight is 428 g/mol. The number of aromatic hydroxyl groups is 1. The first kappa shape index (κ1) is 20.3. The summed E-state index contributed by atoms with van der Waals surface area (Å²) in [4.78, 5) is 14.8. The van der Waals surface area contributed by atoms with Crippen LogP contribution in [0.25, 0.3) is 11.3 Å². The molecule has 1 atom stereocenters. The molecule has 2 aromatic carbocycles. The van der Waals surface area contributed by atoms with Crippen LogP contribution < -0.4 is 4.74 Å². The summed E-state index contributed by atoms with van der Waals surface area (Å²) >= 11 is 6.30. The van der Waals surface area contributed by atoms with Crippen molar-refractivity contribution in [3.8, 4) is 22.8 Å². The zero-order valence-corrected chi connectivity index (χ0v) is 17.4. The number of rotatable bonds is 6. The summed E-state index contributed by atoms with van der Waals surface area (Å²) in [6.07, 6.45) is 0.445. The van der Waals surface area contributed by atoms with E-state index in [0.29, 0.717) is 46.3 Å². The highest BCUT2D eigenvalue weighted by Crippen LogP contribution is 2.45. The highest BCUT2D eigenvalue weighted by Gasteiger charge is 2.42. The van der Waals surface area contributed by atoms with E-state index in [-0.39, 0.29) is 18.3 Å². The first-order valence-electron chi connectivity index (χ1n) is 9.59. The fourth-order valence-corrected chi connectivity index (χ4v) is 4.05. The third-order valence-electron chi connectivity index (χ3n) is 5.36. The molecule has 3 N–H and O–H groups in total. The van der Waals surface area contributed by atoms with Crippen molar-refractivity contribution in [3.63, 3.8) is 0 Å². The fraction of sp³-hybridized carbons (Fsp3) is 0.273. The summed E-state index contributed by atoms with van der Waals surface area (Å²) in [5.74, 6) is 0.501. The summed E-state index contributed by atoms with van der Waals surface area (Å²) in [6, 6.07) is 10.3. The fourth-order valence-electron chi connectivity index (χ4n) is 3.89. The van der Waals surface area contributed by atoms with Gasteiger partial charge in [-0.25, -0.2) is 0 Å². The third-order valence-corrected chi connectivity index (χ3v) is 5.77. The highest BCUT2D eigenvalue weighted by molar-refractivity contribution is 6.31. The molecule has 8 heteroatoms. The number of aliphatic hydroxyl groups excluding tert-OH is 1. The minimum Gasteiger partial charge on any atom is -0.507 e. The molecule has 1 aliphatic rings. The number of aromatic nitrogens is 2. The van der Waals surface area contributed by atoms with Crippen LogP contribution in [-0.4, -0.2) is 51.5 Å². The second kappa shape index (κ2) is 8.01. The maximum Gasteiger partial charge on any atom is 0.273 e.